The van der Waals surface area contributed by atoms with Crippen molar-refractivity contribution in [2.45, 2.75) is 39.0 Å². The molecule has 0 atom stereocenters. The van der Waals surface area contributed by atoms with E-state index in [4.69, 9.17) is 5.73 Å². The number of benzene rings is 1. The van der Waals surface area contributed by atoms with Crippen molar-refractivity contribution in [2.24, 2.45) is 0 Å². The summed E-state index contributed by atoms with van der Waals surface area (Å²) in [6, 6.07) is 11.1. The molecule has 0 radical (unpaired) electrons. The first-order valence-corrected chi connectivity index (χ1v) is 11.3. The van der Waals surface area contributed by atoms with Crippen LogP contribution < -0.4 is 17.0 Å². The van der Waals surface area contributed by atoms with Crippen molar-refractivity contribution < 1.29 is 4.79 Å². The molecule has 170 valence electrons. The summed E-state index contributed by atoms with van der Waals surface area (Å²) in [4.78, 5) is 47.5. The number of ketones is 1. The van der Waals surface area contributed by atoms with Crippen molar-refractivity contribution >= 4 is 29.1 Å². The predicted octanol–water partition coefficient (Wildman–Crippen LogP) is 1.69. The second-order valence-electron chi connectivity index (χ2n) is 7.52. The lowest BCUT2D eigenvalue weighted by Gasteiger charge is -2.15. The van der Waals surface area contributed by atoms with Gasteiger partial charge in [-0.05, 0) is 32.4 Å². The van der Waals surface area contributed by atoms with Gasteiger partial charge < -0.3 is 5.73 Å². The number of nitrogen functional groups attached to an aromatic ring is 1. The first-order valence-electron chi connectivity index (χ1n) is 10.3. The average Bonchev–Trinajstić information content (AvgIpc) is 3.19. The Kier molecular flexibility index (Phi) is 6.14. The third kappa shape index (κ3) is 4.31. The highest BCUT2D eigenvalue weighted by atomic mass is 32.2. The van der Waals surface area contributed by atoms with Crippen LogP contribution in [0.15, 0.2) is 51.1 Å². The summed E-state index contributed by atoms with van der Waals surface area (Å²) in [7, 11) is 0. The van der Waals surface area contributed by atoms with Crippen LogP contribution in [0.25, 0.3) is 5.78 Å². The third-order valence-corrected chi connectivity index (χ3v) is 6.02. The maximum absolute atomic E-state index is 13.1. The molecule has 11 heteroatoms. The molecule has 0 aliphatic rings. The van der Waals surface area contributed by atoms with E-state index in [1.165, 1.54) is 4.57 Å². The molecule has 0 spiro atoms. The van der Waals surface area contributed by atoms with Gasteiger partial charge in [0.05, 0.1) is 12.3 Å². The van der Waals surface area contributed by atoms with Crippen molar-refractivity contribution in [1.29, 1.82) is 0 Å². The maximum atomic E-state index is 13.1. The zero-order chi connectivity index (χ0) is 23.7. The van der Waals surface area contributed by atoms with E-state index in [-0.39, 0.29) is 30.2 Å². The number of nitrogens with zero attached hydrogens (tertiary/aromatic N) is 6. The van der Waals surface area contributed by atoms with Crippen LogP contribution in [0.1, 0.15) is 34.2 Å². The third-order valence-electron chi connectivity index (χ3n) is 5.18. The number of aryl methyl sites for hydroxylation is 2. The Morgan fingerprint density at radius 2 is 1.82 bits per heavy atom. The summed E-state index contributed by atoms with van der Waals surface area (Å²) in [6.45, 7) is 5.70. The van der Waals surface area contributed by atoms with E-state index in [9.17, 15) is 14.4 Å². The van der Waals surface area contributed by atoms with Gasteiger partial charge in [-0.3, -0.25) is 18.7 Å². The molecule has 2 N–H and O–H groups in total. The molecule has 0 saturated heterocycles. The Balaban J connectivity index is 1.67. The summed E-state index contributed by atoms with van der Waals surface area (Å²) in [5, 5.41) is 4.73. The summed E-state index contributed by atoms with van der Waals surface area (Å²) < 4.78 is 3.88. The normalized spacial score (nSPS) is 11.2. The van der Waals surface area contributed by atoms with Crippen LogP contribution in [0, 0.1) is 13.8 Å². The van der Waals surface area contributed by atoms with Gasteiger partial charge in [-0.15, -0.1) is 5.10 Å². The molecule has 0 aliphatic heterocycles. The zero-order valence-electron chi connectivity index (χ0n) is 18.5. The van der Waals surface area contributed by atoms with Gasteiger partial charge in [0.2, 0.25) is 5.16 Å². The minimum Gasteiger partial charge on any atom is -0.384 e. The molecule has 10 nitrogen and oxygen atoms in total. The van der Waals surface area contributed by atoms with Crippen LogP contribution in [-0.4, -0.2) is 40.3 Å². The summed E-state index contributed by atoms with van der Waals surface area (Å²) in [5.41, 5.74) is 7.27. The average molecular weight is 466 g/mol. The zero-order valence-corrected chi connectivity index (χ0v) is 19.3. The number of anilines is 1. The standard InChI is InChI=1S/C22H23N7O3S/c1-4-27-19(31)17(18(23)28(22(27)32)11-15-8-6-5-7-9-15)16(30)12-33-21-25-20-24-13(2)10-14(3)29(20)26-21/h5-10H,4,11-12,23H2,1-3H3. The SMILES string of the molecule is CCn1c(=O)c(C(=O)CSc2nc3nc(C)cc(C)n3n2)c(N)n(Cc2ccccc2)c1=O. The van der Waals surface area contributed by atoms with Gasteiger partial charge in [-0.2, -0.15) is 4.98 Å². The molecule has 3 heterocycles. The lowest BCUT2D eigenvalue weighted by atomic mass is 10.2. The van der Waals surface area contributed by atoms with Gasteiger partial charge in [-0.1, -0.05) is 42.1 Å². The van der Waals surface area contributed by atoms with Gasteiger partial charge in [0.1, 0.15) is 11.4 Å². The molecule has 0 saturated carbocycles. The Labute approximate surface area is 193 Å². The monoisotopic (exact) mass is 465 g/mol. The predicted molar refractivity (Wildman–Crippen MR) is 126 cm³/mol. The van der Waals surface area contributed by atoms with Crippen molar-refractivity contribution in [3.63, 3.8) is 0 Å². The molecule has 0 fully saturated rings. The number of fused-ring (bicyclic) bond motifs is 1. The largest absolute Gasteiger partial charge is 0.384 e. The minimum atomic E-state index is -0.689. The van der Waals surface area contributed by atoms with E-state index in [1.54, 1.807) is 11.4 Å². The lowest BCUT2D eigenvalue weighted by molar-refractivity contribution is 0.102. The number of Topliss-reactive ketones (excluding diaryl/α,β-unsaturated/α-hetero) is 1. The molecule has 0 unspecified atom stereocenters. The highest BCUT2D eigenvalue weighted by molar-refractivity contribution is 7.99. The molecular formula is C22H23N7O3S. The number of carbonyl (C=O) groups excluding carboxylic acids is 1. The van der Waals surface area contributed by atoms with E-state index < -0.39 is 17.0 Å². The van der Waals surface area contributed by atoms with Crippen LogP contribution in [-0.2, 0) is 13.1 Å². The summed E-state index contributed by atoms with van der Waals surface area (Å²) in [5.74, 6) is -0.306. The van der Waals surface area contributed by atoms with E-state index in [0.29, 0.717) is 10.9 Å². The second-order valence-corrected chi connectivity index (χ2v) is 8.46. The molecule has 4 rings (SSSR count). The van der Waals surface area contributed by atoms with Crippen LogP contribution in [0.5, 0.6) is 0 Å². The van der Waals surface area contributed by atoms with Gasteiger partial charge in [0, 0.05) is 17.9 Å². The summed E-state index contributed by atoms with van der Waals surface area (Å²) >= 11 is 1.08. The molecular weight excluding hydrogens is 442 g/mol. The maximum Gasteiger partial charge on any atom is 0.332 e. The second kappa shape index (κ2) is 9.02. The summed E-state index contributed by atoms with van der Waals surface area (Å²) in [6.07, 6.45) is 0. The molecule has 0 aliphatic carbocycles. The van der Waals surface area contributed by atoms with Crippen molar-refractivity contribution in [1.82, 2.24) is 28.7 Å². The van der Waals surface area contributed by atoms with Crippen molar-refractivity contribution in [2.75, 3.05) is 11.5 Å². The van der Waals surface area contributed by atoms with E-state index in [0.717, 1.165) is 33.3 Å². The molecule has 3 aromatic heterocycles. The fourth-order valence-electron chi connectivity index (χ4n) is 3.59. The quantitative estimate of drug-likeness (QED) is 0.322. The number of rotatable bonds is 7. The molecule has 33 heavy (non-hydrogen) atoms. The van der Waals surface area contributed by atoms with Gasteiger partial charge in [0.25, 0.3) is 11.3 Å². The molecule has 0 amide bonds. The Morgan fingerprint density at radius 3 is 2.52 bits per heavy atom. The lowest BCUT2D eigenvalue weighted by Crippen LogP contribution is -2.44. The topological polar surface area (TPSA) is 130 Å². The van der Waals surface area contributed by atoms with Crippen molar-refractivity contribution in [3.8, 4) is 0 Å². The smallest absolute Gasteiger partial charge is 0.332 e. The fraction of sp³-hybridized carbons (Fsp3) is 0.273. The van der Waals surface area contributed by atoms with Crippen LogP contribution in [0.2, 0.25) is 0 Å². The Hall–Kier alpha value is -3.73. The number of hydrogen-bond acceptors (Lipinski definition) is 8. The minimum absolute atomic E-state index is 0.110. The first kappa shape index (κ1) is 22.5. The number of nitrogens with two attached hydrogens (primary N) is 1. The van der Waals surface area contributed by atoms with Crippen LogP contribution >= 0.6 is 11.8 Å². The molecule has 4 aromatic rings. The van der Waals surface area contributed by atoms with Gasteiger partial charge in [0.15, 0.2) is 5.78 Å². The number of aromatic nitrogens is 6. The Morgan fingerprint density at radius 1 is 1.09 bits per heavy atom. The van der Waals surface area contributed by atoms with Crippen molar-refractivity contribution in [3.05, 3.63) is 79.8 Å². The van der Waals surface area contributed by atoms with E-state index in [2.05, 4.69) is 15.1 Å². The van der Waals surface area contributed by atoms with E-state index in [1.807, 2.05) is 50.2 Å². The molecule has 0 bridgehead atoms. The highest BCUT2D eigenvalue weighted by Gasteiger charge is 2.23. The number of thioether (sulfide) groups is 1. The van der Waals surface area contributed by atoms with Gasteiger partial charge in [-0.25, -0.2) is 14.3 Å². The van der Waals surface area contributed by atoms with Gasteiger partial charge >= 0.3 is 5.69 Å². The number of hydrogen-bond donors (Lipinski definition) is 1. The van der Waals surface area contributed by atoms with Crippen LogP contribution in [0.4, 0.5) is 5.82 Å². The molecule has 1 aromatic carbocycles. The first-order chi connectivity index (χ1) is 15.8. The fourth-order valence-corrected chi connectivity index (χ4v) is 4.28. The van der Waals surface area contributed by atoms with E-state index >= 15 is 0 Å². The highest BCUT2D eigenvalue weighted by Crippen LogP contribution is 2.18. The number of carbonyl (C=O) groups is 1. The van der Waals surface area contributed by atoms with Crippen LogP contribution in [0.3, 0.4) is 0 Å². The Bertz CT molecular complexity index is 1470.